The van der Waals surface area contributed by atoms with Crippen molar-refractivity contribution in [3.8, 4) is 0 Å². The predicted molar refractivity (Wildman–Crippen MR) is 47.1 cm³/mol. The minimum atomic E-state index is -0.505. The molecule has 1 rings (SSSR count). The highest BCUT2D eigenvalue weighted by Crippen LogP contribution is 2.15. The second-order valence-corrected chi connectivity index (χ2v) is 3.38. The number of hydrogen-bond acceptors (Lipinski definition) is 4. The Morgan fingerprint density at radius 2 is 2.31 bits per heavy atom. The van der Waals surface area contributed by atoms with Gasteiger partial charge in [0.1, 0.15) is 0 Å². The molecular formula is C8H16N2O3. The zero-order valence-electron chi connectivity index (χ0n) is 7.73. The molecule has 2 unspecified atom stereocenters. The van der Waals surface area contributed by atoms with Gasteiger partial charge in [0.2, 0.25) is 5.91 Å². The summed E-state index contributed by atoms with van der Waals surface area (Å²) in [5.74, 6) is -0.171. The van der Waals surface area contributed by atoms with E-state index < -0.39 is 6.10 Å². The molecule has 13 heavy (non-hydrogen) atoms. The number of rotatable bonds is 3. The van der Waals surface area contributed by atoms with E-state index in [0.29, 0.717) is 19.6 Å². The third-order valence-electron chi connectivity index (χ3n) is 2.36. The number of aliphatic hydroxyl groups excluding tert-OH is 2. The Bertz CT molecular complexity index is 186. The predicted octanol–water partition coefficient (Wildman–Crippen LogP) is -1.98. The summed E-state index contributed by atoms with van der Waals surface area (Å²) in [6.07, 6.45) is -0.505. The van der Waals surface area contributed by atoms with Gasteiger partial charge < -0.3 is 15.5 Å². The third kappa shape index (κ3) is 2.65. The number of likely N-dealkylation sites (N-methyl/N-ethyl adjacent to an activating group) is 1. The largest absolute Gasteiger partial charge is 0.396 e. The zero-order valence-corrected chi connectivity index (χ0v) is 7.73. The Hall–Kier alpha value is -0.650. The molecule has 76 valence electrons. The highest BCUT2D eigenvalue weighted by Gasteiger charge is 2.31. The fraction of sp³-hybridized carbons (Fsp3) is 0.875. The van der Waals surface area contributed by atoms with Crippen molar-refractivity contribution in [2.45, 2.75) is 6.10 Å². The molecule has 0 radical (unpaired) electrons. The molecule has 0 aromatic heterocycles. The van der Waals surface area contributed by atoms with E-state index in [1.54, 1.807) is 7.05 Å². The van der Waals surface area contributed by atoms with E-state index in [9.17, 15) is 9.90 Å². The van der Waals surface area contributed by atoms with Crippen LogP contribution in [0.25, 0.3) is 0 Å². The first-order chi connectivity index (χ1) is 6.17. The molecule has 0 aromatic carbocycles. The van der Waals surface area contributed by atoms with E-state index in [1.807, 2.05) is 4.90 Å². The maximum atomic E-state index is 11.0. The van der Waals surface area contributed by atoms with Crippen LogP contribution in [0, 0.1) is 5.92 Å². The first-order valence-corrected chi connectivity index (χ1v) is 4.39. The first kappa shape index (κ1) is 10.4. The van der Waals surface area contributed by atoms with Gasteiger partial charge in [-0.1, -0.05) is 0 Å². The minimum Gasteiger partial charge on any atom is -0.396 e. The summed E-state index contributed by atoms with van der Waals surface area (Å²) in [7, 11) is 1.58. The van der Waals surface area contributed by atoms with E-state index in [4.69, 9.17) is 5.11 Å². The second-order valence-electron chi connectivity index (χ2n) is 3.38. The maximum absolute atomic E-state index is 11.0. The van der Waals surface area contributed by atoms with Gasteiger partial charge in [0, 0.05) is 32.7 Å². The van der Waals surface area contributed by atoms with E-state index >= 15 is 0 Å². The van der Waals surface area contributed by atoms with Crippen LogP contribution in [0.5, 0.6) is 0 Å². The molecule has 1 amide bonds. The molecule has 0 aromatic rings. The summed E-state index contributed by atoms with van der Waals surface area (Å²) < 4.78 is 0. The zero-order chi connectivity index (χ0) is 9.84. The van der Waals surface area contributed by atoms with Crippen molar-refractivity contribution in [3.05, 3.63) is 0 Å². The molecule has 1 fully saturated rings. The monoisotopic (exact) mass is 188 g/mol. The van der Waals surface area contributed by atoms with Crippen LogP contribution in [0.1, 0.15) is 0 Å². The molecule has 0 bridgehead atoms. The van der Waals surface area contributed by atoms with Crippen LogP contribution in [0.2, 0.25) is 0 Å². The van der Waals surface area contributed by atoms with Gasteiger partial charge >= 0.3 is 0 Å². The molecule has 1 heterocycles. The van der Waals surface area contributed by atoms with Crippen molar-refractivity contribution in [2.75, 3.05) is 33.3 Å². The molecule has 0 saturated carbocycles. The van der Waals surface area contributed by atoms with Gasteiger partial charge in [-0.3, -0.25) is 9.69 Å². The highest BCUT2D eigenvalue weighted by atomic mass is 16.3. The number of β-amino-alcohol motifs (C(OH)–C–C–N with tert-alkyl or cyclic N) is 1. The number of likely N-dealkylation sites (tertiary alicyclic amines) is 1. The van der Waals surface area contributed by atoms with Crippen LogP contribution in [-0.4, -0.2) is 60.4 Å². The topological polar surface area (TPSA) is 72.8 Å². The lowest BCUT2D eigenvalue weighted by Gasteiger charge is -2.13. The molecule has 5 nitrogen and oxygen atoms in total. The van der Waals surface area contributed by atoms with Crippen LogP contribution >= 0.6 is 0 Å². The molecular weight excluding hydrogens is 172 g/mol. The highest BCUT2D eigenvalue weighted by molar-refractivity contribution is 5.77. The number of nitrogens with zero attached hydrogens (tertiary/aromatic N) is 1. The van der Waals surface area contributed by atoms with Crippen molar-refractivity contribution in [2.24, 2.45) is 5.92 Å². The van der Waals surface area contributed by atoms with Crippen molar-refractivity contribution in [1.82, 2.24) is 10.2 Å². The Kier molecular flexibility index (Phi) is 3.65. The average molecular weight is 188 g/mol. The lowest BCUT2D eigenvalue weighted by Crippen LogP contribution is -2.34. The Morgan fingerprint density at radius 1 is 1.62 bits per heavy atom. The average Bonchev–Trinajstić information content (AvgIpc) is 2.46. The van der Waals surface area contributed by atoms with Crippen molar-refractivity contribution in [1.29, 1.82) is 0 Å². The lowest BCUT2D eigenvalue weighted by atomic mass is 10.1. The van der Waals surface area contributed by atoms with Gasteiger partial charge in [0.25, 0.3) is 0 Å². The van der Waals surface area contributed by atoms with Crippen LogP contribution in [0.4, 0.5) is 0 Å². The van der Waals surface area contributed by atoms with Crippen LogP contribution in [0.15, 0.2) is 0 Å². The van der Waals surface area contributed by atoms with E-state index in [2.05, 4.69) is 5.32 Å². The maximum Gasteiger partial charge on any atom is 0.233 e. The number of hydrogen-bond donors (Lipinski definition) is 3. The van der Waals surface area contributed by atoms with E-state index in [0.717, 1.165) is 0 Å². The molecule has 2 atom stereocenters. The second kappa shape index (κ2) is 4.55. The fourth-order valence-corrected chi connectivity index (χ4v) is 1.53. The van der Waals surface area contributed by atoms with Gasteiger partial charge in [-0.2, -0.15) is 0 Å². The summed E-state index contributed by atoms with van der Waals surface area (Å²) >= 11 is 0. The SMILES string of the molecule is CNC(=O)CN1CC(O)C(CO)C1. The van der Waals surface area contributed by atoms with Crippen molar-refractivity contribution in [3.63, 3.8) is 0 Å². The fourth-order valence-electron chi connectivity index (χ4n) is 1.53. The lowest BCUT2D eigenvalue weighted by molar-refractivity contribution is -0.121. The van der Waals surface area contributed by atoms with Crippen LogP contribution < -0.4 is 5.32 Å². The summed E-state index contributed by atoms with van der Waals surface area (Å²) in [5.41, 5.74) is 0. The number of carbonyl (C=O) groups excluding carboxylic acids is 1. The Labute approximate surface area is 77.3 Å². The van der Waals surface area contributed by atoms with Crippen molar-refractivity contribution < 1.29 is 15.0 Å². The van der Waals surface area contributed by atoms with Gasteiger partial charge in [-0.05, 0) is 0 Å². The first-order valence-electron chi connectivity index (χ1n) is 4.39. The molecule has 5 heteroatoms. The third-order valence-corrected chi connectivity index (χ3v) is 2.36. The molecule has 1 saturated heterocycles. The van der Waals surface area contributed by atoms with Crippen LogP contribution in [-0.2, 0) is 4.79 Å². The van der Waals surface area contributed by atoms with Crippen molar-refractivity contribution >= 4 is 5.91 Å². The summed E-state index contributed by atoms with van der Waals surface area (Å²) in [6.45, 7) is 1.33. The minimum absolute atomic E-state index is 0.0224. The number of aliphatic hydroxyl groups is 2. The molecule has 0 aliphatic carbocycles. The number of amides is 1. The van der Waals surface area contributed by atoms with Gasteiger partial charge in [-0.15, -0.1) is 0 Å². The summed E-state index contributed by atoms with van der Waals surface area (Å²) in [6, 6.07) is 0. The van der Waals surface area contributed by atoms with Gasteiger partial charge in [0.05, 0.1) is 12.6 Å². The van der Waals surface area contributed by atoms with Crippen LogP contribution in [0.3, 0.4) is 0 Å². The standard InChI is InChI=1S/C8H16N2O3/c1-9-8(13)4-10-2-6(5-11)7(12)3-10/h6-7,11-12H,2-5H2,1H3,(H,9,13). The summed E-state index contributed by atoms with van der Waals surface area (Å²) in [5, 5.41) is 20.8. The van der Waals surface area contributed by atoms with E-state index in [1.165, 1.54) is 0 Å². The number of carbonyl (C=O) groups is 1. The Morgan fingerprint density at radius 3 is 2.77 bits per heavy atom. The molecule has 1 aliphatic heterocycles. The number of nitrogens with one attached hydrogen (secondary N) is 1. The quantitative estimate of drug-likeness (QED) is 0.480. The summed E-state index contributed by atoms with van der Waals surface area (Å²) in [4.78, 5) is 12.8. The Balaban J connectivity index is 2.35. The molecule has 0 spiro atoms. The van der Waals surface area contributed by atoms with E-state index in [-0.39, 0.29) is 18.4 Å². The normalized spacial score (nSPS) is 29.2. The molecule has 1 aliphatic rings. The smallest absolute Gasteiger partial charge is 0.233 e. The van der Waals surface area contributed by atoms with Gasteiger partial charge in [0.15, 0.2) is 0 Å². The van der Waals surface area contributed by atoms with Gasteiger partial charge in [-0.25, -0.2) is 0 Å². The molecule has 3 N–H and O–H groups in total.